The Labute approximate surface area is 146 Å². The number of aliphatic hydroxyl groups is 1. The second kappa shape index (κ2) is 9.47. The topological polar surface area (TPSA) is 50.7 Å². The number of hydrogen-bond donors (Lipinski definition) is 2. The van der Waals surface area contributed by atoms with Crippen LogP contribution in [0.2, 0.25) is 5.02 Å². The highest BCUT2D eigenvalue weighted by Gasteiger charge is 2.11. The summed E-state index contributed by atoms with van der Waals surface area (Å²) < 4.78 is 24.0. The van der Waals surface area contributed by atoms with E-state index < -0.39 is 0 Å². The quantitative estimate of drug-likeness (QED) is 0.677. The van der Waals surface area contributed by atoms with Gasteiger partial charge in [0.25, 0.3) is 0 Å². The molecule has 0 atom stereocenters. The molecule has 6 heteroatoms. The molecular weight excluding hydrogens is 333 g/mol. The Morgan fingerprint density at radius 1 is 1.17 bits per heavy atom. The molecule has 0 aromatic heterocycles. The summed E-state index contributed by atoms with van der Waals surface area (Å²) in [6.45, 7) is 1.73. The molecule has 0 aliphatic rings. The van der Waals surface area contributed by atoms with Gasteiger partial charge >= 0.3 is 0 Å². The molecule has 2 N–H and O–H groups in total. The summed E-state index contributed by atoms with van der Waals surface area (Å²) in [6.07, 6.45) is 0.688. The van der Waals surface area contributed by atoms with E-state index in [2.05, 4.69) is 5.32 Å². The van der Waals surface area contributed by atoms with Crippen LogP contribution in [0.3, 0.4) is 0 Å². The minimum atomic E-state index is -0.280. The fraction of sp³-hybridized carbons (Fsp3) is 0.333. The van der Waals surface area contributed by atoms with Gasteiger partial charge in [0, 0.05) is 24.2 Å². The number of nitrogens with one attached hydrogen (secondary N) is 1. The summed E-state index contributed by atoms with van der Waals surface area (Å²) in [7, 11) is 1.57. The number of aliphatic hydroxyl groups excluding tert-OH is 1. The Balaban J connectivity index is 2.03. The molecular formula is C18H21ClFNO3. The number of hydrogen-bond acceptors (Lipinski definition) is 4. The Morgan fingerprint density at radius 2 is 1.92 bits per heavy atom. The molecule has 0 saturated carbocycles. The molecule has 0 heterocycles. The zero-order valence-electron chi connectivity index (χ0n) is 13.5. The maximum absolute atomic E-state index is 12.9. The van der Waals surface area contributed by atoms with Crippen molar-refractivity contribution in [3.63, 3.8) is 0 Å². The van der Waals surface area contributed by atoms with Crippen molar-refractivity contribution in [1.82, 2.24) is 5.32 Å². The van der Waals surface area contributed by atoms with Crippen LogP contribution < -0.4 is 14.8 Å². The van der Waals surface area contributed by atoms with Crippen molar-refractivity contribution in [3.8, 4) is 11.5 Å². The van der Waals surface area contributed by atoms with Gasteiger partial charge in [-0.25, -0.2) is 4.39 Å². The molecule has 2 aromatic rings. The van der Waals surface area contributed by atoms with Gasteiger partial charge in [-0.1, -0.05) is 23.7 Å². The Bertz CT molecular complexity index is 649. The Morgan fingerprint density at radius 3 is 2.58 bits per heavy atom. The van der Waals surface area contributed by atoms with Crippen molar-refractivity contribution < 1.29 is 19.0 Å². The van der Waals surface area contributed by atoms with Crippen molar-refractivity contribution in [2.24, 2.45) is 0 Å². The van der Waals surface area contributed by atoms with E-state index in [0.29, 0.717) is 42.6 Å². The summed E-state index contributed by atoms with van der Waals surface area (Å²) >= 11 is 6.30. The van der Waals surface area contributed by atoms with Crippen molar-refractivity contribution in [3.05, 3.63) is 58.4 Å². The zero-order valence-corrected chi connectivity index (χ0v) is 14.3. The van der Waals surface area contributed by atoms with Gasteiger partial charge in [0.05, 0.1) is 7.11 Å². The maximum atomic E-state index is 12.9. The zero-order chi connectivity index (χ0) is 17.4. The molecule has 2 rings (SSSR count). The van der Waals surface area contributed by atoms with E-state index in [1.54, 1.807) is 25.3 Å². The fourth-order valence-electron chi connectivity index (χ4n) is 2.15. The van der Waals surface area contributed by atoms with Crippen LogP contribution in [0, 0.1) is 5.82 Å². The third kappa shape index (κ3) is 5.37. The molecule has 0 radical (unpaired) electrons. The second-order valence-corrected chi connectivity index (χ2v) is 5.67. The molecule has 0 bridgehead atoms. The molecule has 0 amide bonds. The van der Waals surface area contributed by atoms with E-state index in [1.165, 1.54) is 12.1 Å². The molecule has 0 aliphatic carbocycles. The van der Waals surface area contributed by atoms with Gasteiger partial charge in [0.1, 0.15) is 12.4 Å². The molecule has 2 aromatic carbocycles. The monoisotopic (exact) mass is 353 g/mol. The van der Waals surface area contributed by atoms with E-state index in [4.69, 9.17) is 26.2 Å². The van der Waals surface area contributed by atoms with Crippen LogP contribution in [0.5, 0.6) is 11.5 Å². The minimum absolute atomic E-state index is 0.153. The SMILES string of the molecule is COc1cc(CNCCCO)c(Cl)cc1OCc1ccc(F)cc1. The number of methoxy groups -OCH3 is 1. The number of ether oxygens (including phenoxy) is 2. The van der Waals surface area contributed by atoms with Gasteiger partial charge in [-0.2, -0.15) is 0 Å². The molecule has 24 heavy (non-hydrogen) atoms. The van der Waals surface area contributed by atoms with Gasteiger partial charge in [-0.3, -0.25) is 0 Å². The highest BCUT2D eigenvalue weighted by Crippen LogP contribution is 2.33. The second-order valence-electron chi connectivity index (χ2n) is 5.26. The lowest BCUT2D eigenvalue weighted by atomic mass is 10.2. The minimum Gasteiger partial charge on any atom is -0.493 e. The first-order valence-electron chi connectivity index (χ1n) is 7.69. The fourth-order valence-corrected chi connectivity index (χ4v) is 2.37. The standard InChI is InChI=1S/C18H21ClFNO3/c1-23-17-9-14(11-21-7-2-8-22)16(19)10-18(17)24-12-13-3-5-15(20)6-4-13/h3-6,9-10,21-22H,2,7-8,11-12H2,1H3. The molecule has 0 fully saturated rings. The van der Waals surface area contributed by atoms with E-state index >= 15 is 0 Å². The van der Waals surface area contributed by atoms with Crippen LogP contribution >= 0.6 is 11.6 Å². The number of halogens is 2. The van der Waals surface area contributed by atoms with Crippen LogP contribution in [-0.2, 0) is 13.2 Å². The van der Waals surface area contributed by atoms with E-state index in [1.807, 2.05) is 6.07 Å². The highest BCUT2D eigenvalue weighted by atomic mass is 35.5. The lowest BCUT2D eigenvalue weighted by Crippen LogP contribution is -2.16. The lowest BCUT2D eigenvalue weighted by molar-refractivity contribution is 0.283. The number of benzene rings is 2. The summed E-state index contributed by atoms with van der Waals surface area (Å²) in [5, 5.41) is 12.6. The first kappa shape index (κ1) is 18.5. The first-order chi connectivity index (χ1) is 11.6. The Hall–Kier alpha value is -1.82. The van der Waals surface area contributed by atoms with Crippen LogP contribution in [0.4, 0.5) is 4.39 Å². The van der Waals surface area contributed by atoms with Gasteiger partial charge in [-0.05, 0) is 42.3 Å². The van der Waals surface area contributed by atoms with Gasteiger partial charge < -0.3 is 19.9 Å². The summed E-state index contributed by atoms with van der Waals surface area (Å²) in [4.78, 5) is 0. The predicted molar refractivity (Wildman–Crippen MR) is 92.1 cm³/mol. The van der Waals surface area contributed by atoms with Gasteiger partial charge in [0.15, 0.2) is 11.5 Å². The smallest absolute Gasteiger partial charge is 0.163 e. The molecule has 0 spiro atoms. The summed E-state index contributed by atoms with van der Waals surface area (Å²) in [5.41, 5.74) is 1.74. The van der Waals surface area contributed by atoms with Crippen LogP contribution in [0.15, 0.2) is 36.4 Å². The maximum Gasteiger partial charge on any atom is 0.163 e. The van der Waals surface area contributed by atoms with Gasteiger partial charge in [0.2, 0.25) is 0 Å². The predicted octanol–water partition coefficient (Wildman–Crippen LogP) is 3.54. The first-order valence-corrected chi connectivity index (χ1v) is 8.07. The summed E-state index contributed by atoms with van der Waals surface area (Å²) in [5.74, 6) is 0.837. The van der Waals surface area contributed by atoms with E-state index in [9.17, 15) is 4.39 Å². The normalized spacial score (nSPS) is 10.7. The van der Waals surface area contributed by atoms with Crippen molar-refractivity contribution in [1.29, 1.82) is 0 Å². The molecule has 0 aliphatic heterocycles. The van der Waals surface area contributed by atoms with Crippen LogP contribution in [0.1, 0.15) is 17.5 Å². The van der Waals surface area contributed by atoms with Gasteiger partial charge in [-0.15, -0.1) is 0 Å². The average Bonchev–Trinajstić information content (AvgIpc) is 2.59. The van der Waals surface area contributed by atoms with Crippen molar-refractivity contribution >= 4 is 11.6 Å². The van der Waals surface area contributed by atoms with Crippen molar-refractivity contribution in [2.75, 3.05) is 20.3 Å². The van der Waals surface area contributed by atoms with Crippen LogP contribution in [-0.4, -0.2) is 25.4 Å². The number of rotatable bonds is 9. The van der Waals surface area contributed by atoms with E-state index in [0.717, 1.165) is 11.1 Å². The van der Waals surface area contributed by atoms with E-state index in [-0.39, 0.29) is 12.4 Å². The molecule has 0 unspecified atom stereocenters. The third-order valence-electron chi connectivity index (χ3n) is 3.47. The third-order valence-corrected chi connectivity index (χ3v) is 3.82. The molecule has 0 saturated heterocycles. The molecule has 4 nitrogen and oxygen atoms in total. The lowest BCUT2D eigenvalue weighted by Gasteiger charge is -2.14. The van der Waals surface area contributed by atoms with Crippen molar-refractivity contribution in [2.45, 2.75) is 19.6 Å². The largest absolute Gasteiger partial charge is 0.493 e. The Kier molecular flexibility index (Phi) is 7.31. The summed E-state index contributed by atoms with van der Waals surface area (Å²) in [6, 6.07) is 9.67. The highest BCUT2D eigenvalue weighted by molar-refractivity contribution is 6.31. The molecule has 130 valence electrons. The average molecular weight is 354 g/mol. The van der Waals surface area contributed by atoms with Crippen LogP contribution in [0.25, 0.3) is 0 Å².